The molecule has 0 saturated carbocycles. The predicted octanol–water partition coefficient (Wildman–Crippen LogP) is -0.258. The molecule has 4 heteroatoms. The SMILES string of the molecule is CC#N.C[SH](C)(=O)CO. The van der Waals surface area contributed by atoms with Crippen LogP contribution in [0.4, 0.5) is 0 Å². The lowest BCUT2D eigenvalue weighted by Gasteiger charge is -2.03. The molecule has 0 aromatic carbocycles. The summed E-state index contributed by atoms with van der Waals surface area (Å²) in [6.07, 6.45) is 3.10. The molecule has 0 saturated heterocycles. The molecule has 0 radical (unpaired) electrons. The van der Waals surface area contributed by atoms with Crippen molar-refractivity contribution in [1.82, 2.24) is 0 Å². The number of hydrogen-bond donors (Lipinski definition) is 2. The van der Waals surface area contributed by atoms with Crippen LogP contribution in [0.25, 0.3) is 0 Å². The van der Waals surface area contributed by atoms with Gasteiger partial charge in [-0.15, -0.1) is 0 Å². The second-order valence-electron chi connectivity index (χ2n) is 1.94. The highest BCUT2D eigenvalue weighted by molar-refractivity contribution is 8.01. The summed E-state index contributed by atoms with van der Waals surface area (Å²) in [6.45, 7) is 1.43. The molecule has 3 nitrogen and oxygen atoms in total. The Labute approximate surface area is 56.7 Å². The molecule has 0 aliphatic rings. The van der Waals surface area contributed by atoms with E-state index < -0.39 is 9.93 Å². The smallest absolute Gasteiger partial charge is 0.0956 e. The van der Waals surface area contributed by atoms with E-state index >= 15 is 0 Å². The highest BCUT2D eigenvalue weighted by atomic mass is 32.2. The molecule has 0 fully saturated rings. The van der Waals surface area contributed by atoms with Gasteiger partial charge in [0, 0.05) is 6.92 Å². The van der Waals surface area contributed by atoms with Crippen molar-refractivity contribution in [2.75, 3.05) is 18.5 Å². The van der Waals surface area contributed by atoms with E-state index in [4.69, 9.17) is 10.4 Å². The minimum Gasteiger partial charge on any atom is -0.385 e. The normalized spacial score (nSPS) is 10.6. The fourth-order valence-electron chi connectivity index (χ4n) is 0. The van der Waals surface area contributed by atoms with E-state index in [9.17, 15) is 4.21 Å². The Hall–Kier alpha value is -0.400. The molecule has 9 heavy (non-hydrogen) atoms. The predicted molar refractivity (Wildman–Crippen MR) is 39.8 cm³/mol. The van der Waals surface area contributed by atoms with Gasteiger partial charge < -0.3 is 5.11 Å². The minimum atomic E-state index is -2.09. The van der Waals surface area contributed by atoms with Gasteiger partial charge in [0.2, 0.25) is 0 Å². The van der Waals surface area contributed by atoms with Crippen molar-refractivity contribution in [1.29, 1.82) is 5.26 Å². The highest BCUT2D eigenvalue weighted by Crippen LogP contribution is 1.84. The van der Waals surface area contributed by atoms with E-state index in [0.29, 0.717) is 0 Å². The zero-order valence-electron chi connectivity index (χ0n) is 5.96. The van der Waals surface area contributed by atoms with Gasteiger partial charge in [0.15, 0.2) is 0 Å². The summed E-state index contributed by atoms with van der Waals surface area (Å²) in [5.41, 5.74) is 0. The average Bonchev–Trinajstić information content (AvgIpc) is 1.67. The van der Waals surface area contributed by atoms with E-state index in [1.54, 1.807) is 18.6 Å². The van der Waals surface area contributed by atoms with Gasteiger partial charge in [0.25, 0.3) is 0 Å². The first-order valence-electron chi connectivity index (χ1n) is 2.43. The topological polar surface area (TPSA) is 61.1 Å². The number of nitriles is 1. The molecule has 0 atom stereocenters. The molecule has 0 bridgehead atoms. The van der Waals surface area contributed by atoms with Crippen LogP contribution in [0, 0.1) is 11.3 Å². The van der Waals surface area contributed by atoms with Gasteiger partial charge >= 0.3 is 0 Å². The quantitative estimate of drug-likeness (QED) is 0.508. The van der Waals surface area contributed by atoms with Crippen LogP contribution >= 0.6 is 0 Å². The maximum Gasteiger partial charge on any atom is 0.0956 e. The Morgan fingerprint density at radius 2 is 1.78 bits per heavy atom. The summed E-state index contributed by atoms with van der Waals surface area (Å²) < 4.78 is 10.3. The maximum atomic E-state index is 10.3. The molecule has 0 aliphatic heterocycles. The van der Waals surface area contributed by atoms with Crippen LogP contribution in [-0.4, -0.2) is 27.8 Å². The number of thiol groups is 1. The van der Waals surface area contributed by atoms with Gasteiger partial charge in [-0.3, -0.25) is 4.21 Å². The summed E-state index contributed by atoms with van der Waals surface area (Å²) in [6, 6.07) is 1.75. The first-order chi connectivity index (χ1) is 3.97. The van der Waals surface area contributed by atoms with Gasteiger partial charge in [-0.25, -0.2) is 0 Å². The third-order valence-corrected chi connectivity index (χ3v) is 1.02. The molecule has 0 aromatic rings. The number of nitrogens with zero attached hydrogens (tertiary/aromatic N) is 1. The summed E-state index contributed by atoms with van der Waals surface area (Å²) in [5.74, 6) is -0.174. The first-order valence-corrected chi connectivity index (χ1v) is 5.22. The van der Waals surface area contributed by atoms with Crippen molar-refractivity contribution in [2.45, 2.75) is 6.92 Å². The number of aliphatic hydroxyl groups excluding tert-OH is 1. The van der Waals surface area contributed by atoms with Crippen LogP contribution in [0.15, 0.2) is 0 Å². The summed E-state index contributed by atoms with van der Waals surface area (Å²) >= 11 is 0. The van der Waals surface area contributed by atoms with Gasteiger partial charge in [0.1, 0.15) is 0 Å². The standard InChI is InChI=1S/C3H10O2S.C2H3N/c1-6(2,5)3-4;1-2-3/h4,6H,3H2,1-2H3;1H3. The Morgan fingerprint density at radius 3 is 1.78 bits per heavy atom. The van der Waals surface area contributed by atoms with Crippen molar-refractivity contribution in [3.8, 4) is 6.07 Å². The zero-order chi connectivity index (χ0) is 7.91. The molecule has 0 amide bonds. The van der Waals surface area contributed by atoms with Crippen LogP contribution in [0.1, 0.15) is 6.92 Å². The van der Waals surface area contributed by atoms with Crippen molar-refractivity contribution >= 4 is 9.93 Å². The second kappa shape index (κ2) is 5.73. The Bertz CT molecular complexity index is 132. The first kappa shape index (κ1) is 11.4. The monoisotopic (exact) mass is 151 g/mol. The molecular formula is C5H13NO2S. The fraction of sp³-hybridized carbons (Fsp3) is 0.800. The van der Waals surface area contributed by atoms with Crippen LogP contribution in [0.3, 0.4) is 0 Å². The van der Waals surface area contributed by atoms with Crippen LogP contribution in [-0.2, 0) is 9.93 Å². The van der Waals surface area contributed by atoms with Gasteiger partial charge in [-0.2, -0.15) is 5.26 Å². The molecule has 0 rings (SSSR count). The van der Waals surface area contributed by atoms with Crippen molar-refractivity contribution < 1.29 is 9.32 Å². The second-order valence-corrected chi connectivity index (χ2v) is 5.37. The zero-order valence-corrected chi connectivity index (χ0v) is 6.85. The number of hydrogen-bond acceptors (Lipinski definition) is 3. The van der Waals surface area contributed by atoms with E-state index in [-0.39, 0.29) is 5.94 Å². The number of rotatable bonds is 1. The molecule has 0 unspecified atom stereocenters. The van der Waals surface area contributed by atoms with Gasteiger partial charge in [-0.05, 0) is 12.5 Å². The van der Waals surface area contributed by atoms with Crippen LogP contribution in [0.2, 0.25) is 0 Å². The highest BCUT2D eigenvalue weighted by Gasteiger charge is 1.91. The average molecular weight is 151 g/mol. The van der Waals surface area contributed by atoms with Crippen LogP contribution in [0.5, 0.6) is 0 Å². The summed E-state index contributed by atoms with van der Waals surface area (Å²) in [4.78, 5) is 0. The molecule has 0 aliphatic carbocycles. The molecular weight excluding hydrogens is 138 g/mol. The lowest BCUT2D eigenvalue weighted by molar-refractivity contribution is 0.366. The fourth-order valence-corrected chi connectivity index (χ4v) is 0. The van der Waals surface area contributed by atoms with Gasteiger partial charge in [-0.1, -0.05) is 9.93 Å². The van der Waals surface area contributed by atoms with E-state index in [1.807, 2.05) is 0 Å². The van der Waals surface area contributed by atoms with E-state index in [2.05, 4.69) is 0 Å². The van der Waals surface area contributed by atoms with Crippen molar-refractivity contribution in [3.63, 3.8) is 0 Å². The van der Waals surface area contributed by atoms with Crippen molar-refractivity contribution in [3.05, 3.63) is 0 Å². The largest absolute Gasteiger partial charge is 0.385 e. The number of aliphatic hydroxyl groups is 1. The van der Waals surface area contributed by atoms with E-state index in [0.717, 1.165) is 0 Å². The summed E-state index contributed by atoms with van der Waals surface area (Å²) in [7, 11) is -2.09. The van der Waals surface area contributed by atoms with Gasteiger partial charge in [0.05, 0.1) is 12.0 Å². The lowest BCUT2D eigenvalue weighted by Crippen LogP contribution is -2.09. The van der Waals surface area contributed by atoms with Crippen LogP contribution < -0.4 is 0 Å². The van der Waals surface area contributed by atoms with Crippen molar-refractivity contribution in [2.24, 2.45) is 0 Å². The molecule has 1 N–H and O–H groups in total. The Balaban J connectivity index is 0. The summed E-state index contributed by atoms with van der Waals surface area (Å²) in [5, 5.41) is 15.5. The third kappa shape index (κ3) is 35.3. The molecule has 56 valence electrons. The Kier molecular flexibility index (Phi) is 7.26. The molecule has 0 spiro atoms. The Morgan fingerprint density at radius 1 is 1.67 bits per heavy atom. The van der Waals surface area contributed by atoms with E-state index in [1.165, 1.54) is 6.92 Å². The lowest BCUT2D eigenvalue weighted by atomic mass is 11.0. The minimum absolute atomic E-state index is 0.174. The molecule has 0 aromatic heterocycles. The maximum absolute atomic E-state index is 10.3. The third-order valence-electron chi connectivity index (χ3n) is 0.341. The molecule has 0 heterocycles.